The molecule has 0 amide bonds. The summed E-state index contributed by atoms with van der Waals surface area (Å²) in [6.45, 7) is 2.37. The molecule has 2 aromatic carbocycles. The van der Waals surface area contributed by atoms with Crippen molar-refractivity contribution in [1.29, 1.82) is 0 Å². The number of nitrogens with one attached hydrogen (secondary N) is 1. The van der Waals surface area contributed by atoms with Gasteiger partial charge in [-0.05, 0) is 43.2 Å². The van der Waals surface area contributed by atoms with Crippen molar-refractivity contribution in [2.45, 2.75) is 18.9 Å². The second kappa shape index (κ2) is 6.25. The van der Waals surface area contributed by atoms with Crippen LogP contribution in [0.5, 0.6) is 0 Å². The summed E-state index contributed by atoms with van der Waals surface area (Å²) in [4.78, 5) is 0. The standard InChI is InChI=1S/C16H18ClFN2/c1-16(11-19,10-12-6-8-13(17)9-7-12)20-15-5-3-2-4-14(15)18/h2-9,20H,10-11,19H2,1H3. The highest BCUT2D eigenvalue weighted by Gasteiger charge is 2.23. The van der Waals surface area contributed by atoms with E-state index >= 15 is 0 Å². The van der Waals surface area contributed by atoms with E-state index < -0.39 is 5.54 Å². The van der Waals surface area contributed by atoms with Gasteiger partial charge in [-0.25, -0.2) is 4.39 Å². The fraction of sp³-hybridized carbons (Fsp3) is 0.250. The van der Waals surface area contributed by atoms with E-state index in [1.54, 1.807) is 18.2 Å². The second-order valence-electron chi connectivity index (χ2n) is 5.17. The van der Waals surface area contributed by atoms with Crippen LogP contribution in [0.15, 0.2) is 48.5 Å². The summed E-state index contributed by atoms with van der Waals surface area (Å²) in [6, 6.07) is 14.2. The third kappa shape index (κ3) is 3.71. The lowest BCUT2D eigenvalue weighted by atomic mass is 9.92. The molecule has 2 aromatic rings. The quantitative estimate of drug-likeness (QED) is 0.878. The minimum atomic E-state index is -0.421. The molecule has 2 rings (SSSR count). The van der Waals surface area contributed by atoms with Crippen LogP contribution in [0.1, 0.15) is 12.5 Å². The number of nitrogens with two attached hydrogens (primary N) is 1. The minimum absolute atomic E-state index is 0.275. The average Bonchev–Trinajstić information content (AvgIpc) is 2.44. The van der Waals surface area contributed by atoms with E-state index in [2.05, 4.69) is 5.32 Å². The highest BCUT2D eigenvalue weighted by atomic mass is 35.5. The molecule has 0 aliphatic heterocycles. The van der Waals surface area contributed by atoms with Crippen LogP contribution >= 0.6 is 11.6 Å². The van der Waals surface area contributed by atoms with Gasteiger partial charge in [0.25, 0.3) is 0 Å². The maximum Gasteiger partial charge on any atom is 0.146 e. The lowest BCUT2D eigenvalue weighted by Crippen LogP contribution is -2.44. The summed E-state index contributed by atoms with van der Waals surface area (Å²) >= 11 is 5.88. The van der Waals surface area contributed by atoms with Crippen molar-refractivity contribution >= 4 is 17.3 Å². The normalized spacial score (nSPS) is 13.8. The molecule has 0 aliphatic rings. The maximum absolute atomic E-state index is 13.7. The summed E-state index contributed by atoms with van der Waals surface area (Å²) in [7, 11) is 0. The van der Waals surface area contributed by atoms with E-state index in [4.69, 9.17) is 17.3 Å². The maximum atomic E-state index is 13.7. The fourth-order valence-corrected chi connectivity index (χ4v) is 2.23. The van der Waals surface area contributed by atoms with Crippen LogP contribution < -0.4 is 11.1 Å². The third-order valence-corrected chi connectivity index (χ3v) is 3.52. The molecule has 0 saturated heterocycles. The monoisotopic (exact) mass is 292 g/mol. The summed E-state index contributed by atoms with van der Waals surface area (Å²) in [5, 5.41) is 3.90. The molecule has 4 heteroatoms. The van der Waals surface area contributed by atoms with Crippen LogP contribution in [0.3, 0.4) is 0 Å². The summed E-state index contributed by atoms with van der Waals surface area (Å²) in [6.07, 6.45) is 0.689. The van der Waals surface area contributed by atoms with Crippen molar-refractivity contribution in [3.63, 3.8) is 0 Å². The SMILES string of the molecule is CC(CN)(Cc1ccc(Cl)cc1)Nc1ccccc1F. The van der Waals surface area contributed by atoms with Crippen LogP contribution in [0.25, 0.3) is 0 Å². The third-order valence-electron chi connectivity index (χ3n) is 3.27. The van der Waals surface area contributed by atoms with Gasteiger partial charge in [0.05, 0.1) is 11.2 Å². The molecule has 1 atom stereocenters. The van der Waals surface area contributed by atoms with Crippen molar-refractivity contribution in [2.24, 2.45) is 5.73 Å². The van der Waals surface area contributed by atoms with Crippen LogP contribution in [-0.2, 0) is 6.42 Å². The first-order valence-electron chi connectivity index (χ1n) is 6.50. The molecule has 0 aromatic heterocycles. The molecule has 0 bridgehead atoms. The molecule has 106 valence electrons. The molecule has 0 heterocycles. The fourth-order valence-electron chi connectivity index (χ4n) is 2.11. The number of anilines is 1. The van der Waals surface area contributed by atoms with E-state index in [-0.39, 0.29) is 5.82 Å². The van der Waals surface area contributed by atoms with Crippen LogP contribution in [-0.4, -0.2) is 12.1 Å². The van der Waals surface area contributed by atoms with Crippen LogP contribution in [0, 0.1) is 5.82 Å². The Morgan fingerprint density at radius 3 is 2.40 bits per heavy atom. The predicted molar refractivity (Wildman–Crippen MR) is 82.6 cm³/mol. The summed E-state index contributed by atoms with van der Waals surface area (Å²) < 4.78 is 13.7. The Balaban J connectivity index is 2.17. The topological polar surface area (TPSA) is 38.0 Å². The van der Waals surface area contributed by atoms with Crippen molar-refractivity contribution in [1.82, 2.24) is 0 Å². The lowest BCUT2D eigenvalue weighted by Gasteiger charge is -2.31. The van der Waals surface area contributed by atoms with E-state index in [1.807, 2.05) is 31.2 Å². The van der Waals surface area contributed by atoms with Gasteiger partial charge in [0.15, 0.2) is 0 Å². The second-order valence-corrected chi connectivity index (χ2v) is 5.61. The van der Waals surface area contributed by atoms with Crippen molar-refractivity contribution in [3.8, 4) is 0 Å². The van der Waals surface area contributed by atoms with Crippen molar-refractivity contribution < 1.29 is 4.39 Å². The number of halogens is 2. The molecular formula is C16H18ClFN2. The Hall–Kier alpha value is -1.58. The summed E-state index contributed by atoms with van der Waals surface area (Å²) in [5.41, 5.74) is 7.02. The molecule has 0 radical (unpaired) electrons. The molecule has 0 aliphatic carbocycles. The lowest BCUT2D eigenvalue weighted by molar-refractivity contribution is 0.514. The zero-order chi connectivity index (χ0) is 14.6. The first-order chi connectivity index (χ1) is 9.52. The van der Waals surface area contributed by atoms with Gasteiger partial charge < -0.3 is 11.1 Å². The Morgan fingerprint density at radius 1 is 1.15 bits per heavy atom. The van der Waals surface area contributed by atoms with Gasteiger partial charge in [-0.15, -0.1) is 0 Å². The highest BCUT2D eigenvalue weighted by Crippen LogP contribution is 2.22. The van der Waals surface area contributed by atoms with Crippen LogP contribution in [0.2, 0.25) is 5.02 Å². The minimum Gasteiger partial charge on any atom is -0.376 e. The smallest absolute Gasteiger partial charge is 0.146 e. The number of para-hydroxylation sites is 1. The zero-order valence-electron chi connectivity index (χ0n) is 11.4. The van der Waals surface area contributed by atoms with E-state index in [0.29, 0.717) is 23.7 Å². The number of benzene rings is 2. The zero-order valence-corrected chi connectivity index (χ0v) is 12.1. The Bertz CT molecular complexity index is 571. The van der Waals surface area contributed by atoms with Crippen LogP contribution in [0.4, 0.5) is 10.1 Å². The number of hydrogen-bond acceptors (Lipinski definition) is 2. The van der Waals surface area contributed by atoms with Gasteiger partial charge in [0.2, 0.25) is 0 Å². The number of hydrogen-bond donors (Lipinski definition) is 2. The predicted octanol–water partition coefficient (Wildman–Crippen LogP) is 3.85. The largest absolute Gasteiger partial charge is 0.376 e. The first kappa shape index (κ1) is 14.8. The van der Waals surface area contributed by atoms with Crippen molar-refractivity contribution in [2.75, 3.05) is 11.9 Å². The van der Waals surface area contributed by atoms with Gasteiger partial charge in [0.1, 0.15) is 5.82 Å². The van der Waals surface area contributed by atoms with Gasteiger partial charge in [-0.1, -0.05) is 35.9 Å². The first-order valence-corrected chi connectivity index (χ1v) is 6.87. The van der Waals surface area contributed by atoms with Gasteiger partial charge >= 0.3 is 0 Å². The number of rotatable bonds is 5. The molecule has 1 unspecified atom stereocenters. The molecule has 2 nitrogen and oxygen atoms in total. The molecule has 20 heavy (non-hydrogen) atoms. The molecule has 0 spiro atoms. The van der Waals surface area contributed by atoms with E-state index in [1.165, 1.54) is 6.07 Å². The van der Waals surface area contributed by atoms with E-state index in [9.17, 15) is 4.39 Å². The highest BCUT2D eigenvalue weighted by molar-refractivity contribution is 6.30. The molecule has 0 saturated carbocycles. The van der Waals surface area contributed by atoms with E-state index in [0.717, 1.165) is 5.56 Å². The summed E-state index contributed by atoms with van der Waals surface area (Å²) in [5.74, 6) is -0.275. The molecule has 0 fully saturated rings. The van der Waals surface area contributed by atoms with Crippen molar-refractivity contribution in [3.05, 3.63) is 64.9 Å². The van der Waals surface area contributed by atoms with Gasteiger partial charge in [0, 0.05) is 11.6 Å². The van der Waals surface area contributed by atoms with Gasteiger partial charge in [-0.2, -0.15) is 0 Å². The molecule has 3 N–H and O–H groups in total. The van der Waals surface area contributed by atoms with Gasteiger partial charge in [-0.3, -0.25) is 0 Å². The Kier molecular flexibility index (Phi) is 4.63. The Morgan fingerprint density at radius 2 is 1.80 bits per heavy atom. The average molecular weight is 293 g/mol. The Labute approximate surface area is 123 Å². The molecular weight excluding hydrogens is 275 g/mol.